The number of hydrogen-bond acceptors (Lipinski definition) is 3. The smallest absolute Gasteiger partial charge is 0.295 e. The van der Waals surface area contributed by atoms with Crippen LogP contribution in [0.1, 0.15) is 53.4 Å². The number of carbonyl (C=O) groups excluding carboxylic acids is 2. The molecule has 1 aliphatic carbocycles. The zero-order chi connectivity index (χ0) is 21.8. The third-order valence-corrected chi connectivity index (χ3v) is 5.66. The molecule has 1 fully saturated rings. The number of para-hydroxylation sites is 1. The van der Waals surface area contributed by atoms with Crippen LogP contribution in [0.2, 0.25) is 0 Å². The second-order valence-electron chi connectivity index (χ2n) is 7.91. The van der Waals surface area contributed by atoms with Gasteiger partial charge in [-0.15, -0.1) is 0 Å². The van der Waals surface area contributed by atoms with Crippen LogP contribution < -0.4 is 10.2 Å². The SMILES string of the molecule is Cc1ccc([C@H](C(=O)NC2CCCC2)N(C(=O)c2ccco2)c2ccccc2F)cc1. The zero-order valence-electron chi connectivity index (χ0n) is 17.4. The van der Waals surface area contributed by atoms with E-state index in [0.717, 1.165) is 31.2 Å². The first-order valence-electron chi connectivity index (χ1n) is 10.5. The van der Waals surface area contributed by atoms with E-state index in [-0.39, 0.29) is 23.4 Å². The zero-order valence-corrected chi connectivity index (χ0v) is 17.4. The number of nitrogens with one attached hydrogen (secondary N) is 1. The molecule has 1 aromatic heterocycles. The summed E-state index contributed by atoms with van der Waals surface area (Å²) in [5, 5.41) is 3.08. The normalized spacial score (nSPS) is 14.9. The van der Waals surface area contributed by atoms with Gasteiger partial charge in [0.05, 0.1) is 12.0 Å². The number of aryl methyl sites for hydroxylation is 1. The Labute approximate surface area is 180 Å². The molecule has 0 unspecified atom stereocenters. The predicted molar refractivity (Wildman–Crippen MR) is 116 cm³/mol. The standard InChI is InChI=1S/C25H25FN2O3/c1-17-12-14-18(15-13-17)23(24(29)27-19-7-2-3-8-19)28(21-10-5-4-9-20(21)26)25(30)22-11-6-16-31-22/h4-6,9-16,19,23H,2-3,7-8H2,1H3,(H,27,29)/t23-/m1/s1. The first-order valence-corrected chi connectivity index (χ1v) is 10.5. The third kappa shape index (κ3) is 4.53. The maximum absolute atomic E-state index is 14.9. The predicted octanol–water partition coefficient (Wildman–Crippen LogP) is 5.17. The summed E-state index contributed by atoms with van der Waals surface area (Å²) in [5.41, 5.74) is 1.65. The monoisotopic (exact) mass is 420 g/mol. The number of anilines is 1. The van der Waals surface area contributed by atoms with Gasteiger partial charge in [0, 0.05) is 6.04 Å². The molecule has 0 spiro atoms. The number of benzene rings is 2. The minimum atomic E-state index is -1.05. The molecular weight excluding hydrogens is 395 g/mol. The molecule has 160 valence electrons. The van der Waals surface area contributed by atoms with Crippen LogP contribution in [0.5, 0.6) is 0 Å². The van der Waals surface area contributed by atoms with Crippen molar-refractivity contribution in [3.8, 4) is 0 Å². The molecule has 1 atom stereocenters. The number of nitrogens with zero attached hydrogens (tertiary/aromatic N) is 1. The minimum Gasteiger partial charge on any atom is -0.459 e. The Hall–Kier alpha value is -3.41. The van der Waals surface area contributed by atoms with E-state index in [1.54, 1.807) is 30.3 Å². The molecular formula is C25H25FN2O3. The van der Waals surface area contributed by atoms with E-state index in [1.165, 1.54) is 29.4 Å². The Morgan fingerprint density at radius 1 is 1.03 bits per heavy atom. The van der Waals surface area contributed by atoms with Gasteiger partial charge in [-0.2, -0.15) is 0 Å². The second kappa shape index (κ2) is 9.16. The topological polar surface area (TPSA) is 62.6 Å². The number of furan rings is 1. The van der Waals surface area contributed by atoms with Crippen LogP contribution in [-0.2, 0) is 4.79 Å². The summed E-state index contributed by atoms with van der Waals surface area (Å²) in [5.74, 6) is -1.47. The fourth-order valence-electron chi connectivity index (χ4n) is 4.05. The van der Waals surface area contributed by atoms with Crippen LogP contribution in [0.4, 0.5) is 10.1 Å². The lowest BCUT2D eigenvalue weighted by Gasteiger charge is -2.32. The van der Waals surface area contributed by atoms with Gasteiger partial charge in [0.25, 0.3) is 5.91 Å². The quantitative estimate of drug-likeness (QED) is 0.598. The van der Waals surface area contributed by atoms with E-state index in [9.17, 15) is 14.0 Å². The van der Waals surface area contributed by atoms with E-state index in [4.69, 9.17) is 4.42 Å². The van der Waals surface area contributed by atoms with Crippen molar-refractivity contribution in [1.29, 1.82) is 0 Å². The molecule has 5 nitrogen and oxygen atoms in total. The van der Waals surface area contributed by atoms with Gasteiger partial charge in [-0.05, 0) is 49.6 Å². The van der Waals surface area contributed by atoms with Gasteiger partial charge in [0.1, 0.15) is 11.9 Å². The molecule has 2 amide bonds. The summed E-state index contributed by atoms with van der Waals surface area (Å²) < 4.78 is 20.2. The lowest BCUT2D eigenvalue weighted by molar-refractivity contribution is -0.123. The van der Waals surface area contributed by atoms with Crippen molar-refractivity contribution < 1.29 is 18.4 Å². The summed E-state index contributed by atoms with van der Waals surface area (Å²) in [4.78, 5) is 28.2. The number of amides is 2. The highest BCUT2D eigenvalue weighted by atomic mass is 19.1. The van der Waals surface area contributed by atoms with Gasteiger partial charge in [-0.25, -0.2) is 4.39 Å². The molecule has 0 bridgehead atoms. The van der Waals surface area contributed by atoms with Crippen molar-refractivity contribution >= 4 is 17.5 Å². The van der Waals surface area contributed by atoms with Crippen LogP contribution in [0, 0.1) is 12.7 Å². The van der Waals surface area contributed by atoms with E-state index < -0.39 is 17.8 Å². The fraction of sp³-hybridized carbons (Fsp3) is 0.280. The Morgan fingerprint density at radius 3 is 2.39 bits per heavy atom. The van der Waals surface area contributed by atoms with Crippen molar-refractivity contribution in [2.75, 3.05) is 4.90 Å². The average Bonchev–Trinajstić information content (AvgIpc) is 3.47. The van der Waals surface area contributed by atoms with Gasteiger partial charge in [0.2, 0.25) is 5.91 Å². The van der Waals surface area contributed by atoms with E-state index in [0.29, 0.717) is 5.56 Å². The average molecular weight is 420 g/mol. The molecule has 4 rings (SSSR count). The number of halogens is 1. The van der Waals surface area contributed by atoms with E-state index in [2.05, 4.69) is 5.32 Å². The lowest BCUT2D eigenvalue weighted by atomic mass is 10.0. The van der Waals surface area contributed by atoms with Crippen LogP contribution in [0.3, 0.4) is 0 Å². The molecule has 1 N–H and O–H groups in total. The largest absolute Gasteiger partial charge is 0.459 e. The van der Waals surface area contributed by atoms with Crippen LogP contribution >= 0.6 is 0 Å². The molecule has 31 heavy (non-hydrogen) atoms. The van der Waals surface area contributed by atoms with Gasteiger partial charge in [-0.1, -0.05) is 54.8 Å². The van der Waals surface area contributed by atoms with Crippen molar-refractivity contribution in [2.45, 2.75) is 44.7 Å². The maximum Gasteiger partial charge on any atom is 0.295 e. The summed E-state index contributed by atoms with van der Waals surface area (Å²) in [6, 6.07) is 15.4. The Bertz CT molecular complexity index is 1040. The van der Waals surface area contributed by atoms with Gasteiger partial charge >= 0.3 is 0 Å². The molecule has 0 saturated heterocycles. The molecule has 0 radical (unpaired) electrons. The third-order valence-electron chi connectivity index (χ3n) is 5.66. The van der Waals surface area contributed by atoms with Gasteiger partial charge in [-0.3, -0.25) is 14.5 Å². The highest BCUT2D eigenvalue weighted by molar-refractivity contribution is 6.08. The second-order valence-corrected chi connectivity index (χ2v) is 7.91. The Morgan fingerprint density at radius 2 is 1.74 bits per heavy atom. The summed E-state index contributed by atoms with van der Waals surface area (Å²) >= 11 is 0. The number of carbonyl (C=O) groups is 2. The first-order chi connectivity index (χ1) is 15.0. The fourth-order valence-corrected chi connectivity index (χ4v) is 4.05. The lowest BCUT2D eigenvalue weighted by Crippen LogP contribution is -2.46. The van der Waals surface area contributed by atoms with E-state index in [1.807, 2.05) is 19.1 Å². The molecule has 0 aliphatic heterocycles. The Kier molecular flexibility index (Phi) is 6.16. The van der Waals surface area contributed by atoms with Crippen molar-refractivity contribution in [1.82, 2.24) is 5.32 Å². The van der Waals surface area contributed by atoms with Crippen molar-refractivity contribution in [2.24, 2.45) is 0 Å². The molecule has 6 heteroatoms. The Balaban J connectivity index is 1.82. The van der Waals surface area contributed by atoms with Crippen molar-refractivity contribution in [3.63, 3.8) is 0 Å². The van der Waals surface area contributed by atoms with Crippen LogP contribution in [0.15, 0.2) is 71.3 Å². The van der Waals surface area contributed by atoms with Crippen LogP contribution in [-0.4, -0.2) is 17.9 Å². The minimum absolute atomic E-state index is 0.0241. The number of rotatable bonds is 6. The maximum atomic E-state index is 14.9. The van der Waals surface area contributed by atoms with Gasteiger partial charge in [0.15, 0.2) is 5.76 Å². The first kappa shape index (κ1) is 20.8. The number of hydrogen-bond donors (Lipinski definition) is 1. The molecule has 1 heterocycles. The molecule has 1 aliphatic rings. The molecule has 1 saturated carbocycles. The summed E-state index contributed by atoms with van der Waals surface area (Å²) in [6.07, 6.45) is 5.30. The van der Waals surface area contributed by atoms with Crippen molar-refractivity contribution in [3.05, 3.63) is 89.6 Å². The van der Waals surface area contributed by atoms with E-state index >= 15 is 0 Å². The summed E-state index contributed by atoms with van der Waals surface area (Å²) in [7, 11) is 0. The molecule has 2 aromatic carbocycles. The van der Waals surface area contributed by atoms with Gasteiger partial charge < -0.3 is 9.73 Å². The highest BCUT2D eigenvalue weighted by Crippen LogP contribution is 2.32. The molecule has 3 aromatic rings. The summed E-state index contributed by atoms with van der Waals surface area (Å²) in [6.45, 7) is 1.94. The highest BCUT2D eigenvalue weighted by Gasteiger charge is 2.36. The van der Waals surface area contributed by atoms with Crippen LogP contribution in [0.25, 0.3) is 0 Å².